The molecule has 0 atom stereocenters. The SMILES string of the molecule is CCN(c1ccccc1)c1nc(C)cc(C(=O)NCc2ccc(Cl)cc2)n1. The minimum Gasteiger partial charge on any atom is -0.347 e. The lowest BCUT2D eigenvalue weighted by Gasteiger charge is -2.21. The van der Waals surface area contributed by atoms with Crippen molar-refractivity contribution in [3.05, 3.63) is 82.6 Å². The molecule has 0 fully saturated rings. The van der Waals surface area contributed by atoms with Crippen LogP contribution in [0.15, 0.2) is 60.7 Å². The molecule has 1 N–H and O–H groups in total. The first-order chi connectivity index (χ1) is 13.1. The van der Waals surface area contributed by atoms with Gasteiger partial charge < -0.3 is 10.2 Å². The number of para-hydroxylation sites is 1. The van der Waals surface area contributed by atoms with E-state index in [1.807, 2.05) is 61.2 Å². The first-order valence-electron chi connectivity index (χ1n) is 8.77. The van der Waals surface area contributed by atoms with E-state index in [2.05, 4.69) is 15.3 Å². The fourth-order valence-corrected chi connectivity index (χ4v) is 2.84. The molecule has 0 aliphatic carbocycles. The van der Waals surface area contributed by atoms with E-state index in [-0.39, 0.29) is 5.91 Å². The number of nitrogens with one attached hydrogen (secondary N) is 1. The Morgan fingerprint density at radius 3 is 2.44 bits per heavy atom. The lowest BCUT2D eigenvalue weighted by molar-refractivity contribution is 0.0945. The molecule has 1 heterocycles. The highest BCUT2D eigenvalue weighted by Gasteiger charge is 2.15. The molecular weight excluding hydrogens is 360 g/mol. The maximum atomic E-state index is 12.6. The number of nitrogens with zero attached hydrogens (tertiary/aromatic N) is 3. The first-order valence-corrected chi connectivity index (χ1v) is 9.15. The summed E-state index contributed by atoms with van der Waals surface area (Å²) in [6.07, 6.45) is 0. The van der Waals surface area contributed by atoms with E-state index >= 15 is 0 Å². The Morgan fingerprint density at radius 1 is 1.07 bits per heavy atom. The Labute approximate surface area is 164 Å². The van der Waals surface area contributed by atoms with Gasteiger partial charge in [0.05, 0.1) is 0 Å². The molecule has 5 nitrogen and oxygen atoms in total. The minimum atomic E-state index is -0.235. The lowest BCUT2D eigenvalue weighted by atomic mass is 10.2. The predicted molar refractivity (Wildman–Crippen MR) is 109 cm³/mol. The molecular formula is C21H21ClN4O. The van der Waals surface area contributed by atoms with Crippen LogP contribution in [-0.4, -0.2) is 22.4 Å². The molecule has 0 aliphatic heterocycles. The highest BCUT2D eigenvalue weighted by atomic mass is 35.5. The molecule has 138 valence electrons. The van der Waals surface area contributed by atoms with Gasteiger partial charge in [-0.05, 0) is 49.7 Å². The summed E-state index contributed by atoms with van der Waals surface area (Å²) >= 11 is 5.89. The number of hydrogen-bond donors (Lipinski definition) is 1. The Hall–Kier alpha value is -2.92. The van der Waals surface area contributed by atoms with Crippen molar-refractivity contribution < 1.29 is 4.79 Å². The van der Waals surface area contributed by atoms with Crippen LogP contribution in [0.25, 0.3) is 0 Å². The van der Waals surface area contributed by atoms with Crippen molar-refractivity contribution in [1.82, 2.24) is 15.3 Å². The summed E-state index contributed by atoms with van der Waals surface area (Å²) in [6, 6.07) is 18.9. The fourth-order valence-electron chi connectivity index (χ4n) is 2.71. The number of benzene rings is 2. The van der Waals surface area contributed by atoms with Crippen LogP contribution < -0.4 is 10.2 Å². The third-order valence-corrected chi connectivity index (χ3v) is 4.32. The summed E-state index contributed by atoms with van der Waals surface area (Å²) in [5.74, 6) is 0.279. The highest BCUT2D eigenvalue weighted by Crippen LogP contribution is 2.22. The molecule has 1 amide bonds. The van der Waals surface area contributed by atoms with Crippen LogP contribution >= 0.6 is 11.6 Å². The van der Waals surface area contributed by atoms with Gasteiger partial charge in [-0.2, -0.15) is 0 Å². The van der Waals surface area contributed by atoms with Crippen LogP contribution in [0.5, 0.6) is 0 Å². The molecule has 0 bridgehead atoms. The van der Waals surface area contributed by atoms with Crippen LogP contribution in [0.2, 0.25) is 5.02 Å². The number of carbonyl (C=O) groups excluding carboxylic acids is 1. The van der Waals surface area contributed by atoms with Gasteiger partial charge in [0.15, 0.2) is 0 Å². The van der Waals surface area contributed by atoms with Gasteiger partial charge >= 0.3 is 0 Å². The van der Waals surface area contributed by atoms with Crippen LogP contribution in [-0.2, 0) is 6.54 Å². The predicted octanol–water partition coefficient (Wildman–Crippen LogP) is 4.53. The molecule has 3 rings (SSSR count). The van der Waals surface area contributed by atoms with E-state index in [1.54, 1.807) is 18.2 Å². The standard InChI is InChI=1S/C21H21ClN4O/c1-3-26(18-7-5-4-6-8-18)21-24-15(2)13-19(25-21)20(27)23-14-16-9-11-17(22)12-10-16/h4-13H,3,14H2,1-2H3,(H,23,27). The van der Waals surface area contributed by atoms with Crippen molar-refractivity contribution in [2.45, 2.75) is 20.4 Å². The van der Waals surface area contributed by atoms with Gasteiger partial charge in [0, 0.05) is 29.5 Å². The van der Waals surface area contributed by atoms with E-state index in [0.29, 0.717) is 29.8 Å². The number of anilines is 2. The third kappa shape index (κ3) is 4.83. The number of aromatic nitrogens is 2. The molecule has 0 saturated heterocycles. The molecule has 27 heavy (non-hydrogen) atoms. The summed E-state index contributed by atoms with van der Waals surface area (Å²) in [7, 11) is 0. The van der Waals surface area contributed by atoms with Crippen LogP contribution in [0, 0.1) is 6.92 Å². The van der Waals surface area contributed by atoms with Crippen molar-refractivity contribution in [1.29, 1.82) is 0 Å². The Balaban J connectivity index is 1.79. The van der Waals surface area contributed by atoms with Crippen LogP contribution in [0.3, 0.4) is 0 Å². The summed E-state index contributed by atoms with van der Waals surface area (Å²) in [6.45, 7) is 4.99. The smallest absolute Gasteiger partial charge is 0.270 e. The van der Waals surface area contributed by atoms with Gasteiger partial charge in [-0.1, -0.05) is 41.9 Å². The van der Waals surface area contributed by atoms with Gasteiger partial charge in [0.2, 0.25) is 5.95 Å². The highest BCUT2D eigenvalue weighted by molar-refractivity contribution is 6.30. The largest absolute Gasteiger partial charge is 0.347 e. The molecule has 0 saturated carbocycles. The van der Waals surface area contributed by atoms with Crippen molar-refractivity contribution in [2.75, 3.05) is 11.4 Å². The maximum Gasteiger partial charge on any atom is 0.270 e. The first kappa shape index (κ1) is 18.9. The van der Waals surface area contributed by atoms with E-state index in [4.69, 9.17) is 11.6 Å². The summed E-state index contributed by atoms with van der Waals surface area (Å²) < 4.78 is 0. The molecule has 0 aliphatic rings. The third-order valence-electron chi connectivity index (χ3n) is 4.07. The number of carbonyl (C=O) groups is 1. The Kier molecular flexibility index (Phi) is 6.04. The molecule has 0 radical (unpaired) electrons. The normalized spacial score (nSPS) is 10.5. The van der Waals surface area contributed by atoms with Crippen LogP contribution in [0.1, 0.15) is 28.7 Å². The zero-order valence-electron chi connectivity index (χ0n) is 15.3. The number of rotatable bonds is 6. The number of amides is 1. The van der Waals surface area contributed by atoms with Crippen molar-refractivity contribution in [3.8, 4) is 0 Å². The van der Waals surface area contributed by atoms with Gasteiger partial charge in [-0.15, -0.1) is 0 Å². The fraction of sp³-hybridized carbons (Fsp3) is 0.190. The van der Waals surface area contributed by atoms with Gasteiger partial charge in [-0.3, -0.25) is 4.79 Å². The summed E-state index contributed by atoms with van der Waals surface area (Å²) in [5, 5.41) is 3.56. The maximum absolute atomic E-state index is 12.6. The second kappa shape index (κ2) is 8.64. The van der Waals surface area contributed by atoms with Crippen LogP contribution in [0.4, 0.5) is 11.6 Å². The monoisotopic (exact) mass is 380 g/mol. The zero-order chi connectivity index (χ0) is 19.2. The van der Waals surface area contributed by atoms with E-state index in [0.717, 1.165) is 16.9 Å². The molecule has 0 unspecified atom stereocenters. The molecule has 0 spiro atoms. The summed E-state index contributed by atoms with van der Waals surface area (Å²) in [4.78, 5) is 23.6. The van der Waals surface area contributed by atoms with Crippen molar-refractivity contribution in [3.63, 3.8) is 0 Å². The van der Waals surface area contributed by atoms with Crippen molar-refractivity contribution in [2.24, 2.45) is 0 Å². The number of hydrogen-bond acceptors (Lipinski definition) is 4. The minimum absolute atomic E-state index is 0.235. The zero-order valence-corrected chi connectivity index (χ0v) is 16.1. The van der Waals surface area contributed by atoms with E-state index < -0.39 is 0 Å². The number of halogens is 1. The van der Waals surface area contributed by atoms with E-state index in [1.165, 1.54) is 0 Å². The Morgan fingerprint density at radius 2 is 1.78 bits per heavy atom. The van der Waals surface area contributed by atoms with Gasteiger partial charge in [-0.25, -0.2) is 9.97 Å². The lowest BCUT2D eigenvalue weighted by Crippen LogP contribution is -2.26. The van der Waals surface area contributed by atoms with Crippen molar-refractivity contribution >= 4 is 29.1 Å². The molecule has 2 aromatic carbocycles. The molecule has 3 aromatic rings. The molecule has 1 aromatic heterocycles. The second-order valence-corrected chi connectivity index (χ2v) is 6.52. The molecule has 6 heteroatoms. The van der Waals surface area contributed by atoms with Gasteiger partial charge in [0.25, 0.3) is 5.91 Å². The average Bonchev–Trinajstić information content (AvgIpc) is 2.68. The van der Waals surface area contributed by atoms with E-state index in [9.17, 15) is 4.79 Å². The summed E-state index contributed by atoms with van der Waals surface area (Å²) in [5.41, 5.74) is 3.04. The van der Waals surface area contributed by atoms with Gasteiger partial charge in [0.1, 0.15) is 5.69 Å². The Bertz CT molecular complexity index is 913. The number of aryl methyl sites for hydroxylation is 1. The average molecular weight is 381 g/mol. The topological polar surface area (TPSA) is 58.1 Å². The quantitative estimate of drug-likeness (QED) is 0.682. The second-order valence-electron chi connectivity index (χ2n) is 6.08.